The molecule has 1 unspecified atom stereocenters. The van der Waals surface area contributed by atoms with Gasteiger partial charge >= 0.3 is 0 Å². The van der Waals surface area contributed by atoms with Crippen molar-refractivity contribution in [3.63, 3.8) is 0 Å². The van der Waals surface area contributed by atoms with Gasteiger partial charge in [0.25, 0.3) is 5.69 Å². The van der Waals surface area contributed by atoms with Crippen LogP contribution in [0.25, 0.3) is 0 Å². The third-order valence-corrected chi connectivity index (χ3v) is 3.81. The minimum atomic E-state index is -0.359. The molecule has 104 valence electrons. The summed E-state index contributed by atoms with van der Waals surface area (Å²) in [6.07, 6.45) is 1.09. The molecule has 5 nitrogen and oxygen atoms in total. The van der Waals surface area contributed by atoms with Gasteiger partial charge in [0.15, 0.2) is 0 Å². The van der Waals surface area contributed by atoms with Crippen LogP contribution < -0.4 is 5.32 Å². The van der Waals surface area contributed by atoms with Crippen molar-refractivity contribution in [2.24, 2.45) is 0 Å². The van der Waals surface area contributed by atoms with Gasteiger partial charge in [0.05, 0.1) is 4.92 Å². The molecule has 1 aliphatic heterocycles. The van der Waals surface area contributed by atoms with Crippen LogP contribution >= 0.6 is 11.6 Å². The highest BCUT2D eigenvalue weighted by Gasteiger charge is 2.24. The van der Waals surface area contributed by atoms with Gasteiger partial charge in [-0.25, -0.2) is 0 Å². The lowest BCUT2D eigenvalue weighted by Crippen LogP contribution is -2.36. The SMILES string of the molecule is CCN(Cc1ccc(Cl)cc1[N+](=O)[O-])C1CCNC1. The van der Waals surface area contributed by atoms with E-state index in [4.69, 9.17) is 11.6 Å². The van der Waals surface area contributed by atoms with E-state index >= 15 is 0 Å². The molecule has 1 atom stereocenters. The van der Waals surface area contributed by atoms with E-state index in [-0.39, 0.29) is 10.6 Å². The van der Waals surface area contributed by atoms with Gasteiger partial charge in [-0.1, -0.05) is 18.5 Å². The first-order chi connectivity index (χ1) is 9.11. The largest absolute Gasteiger partial charge is 0.315 e. The van der Waals surface area contributed by atoms with Crippen molar-refractivity contribution in [1.82, 2.24) is 10.2 Å². The number of nitro groups is 1. The van der Waals surface area contributed by atoms with Crippen molar-refractivity contribution in [1.29, 1.82) is 0 Å². The number of nitrogens with one attached hydrogen (secondary N) is 1. The van der Waals surface area contributed by atoms with E-state index in [1.807, 2.05) is 0 Å². The fourth-order valence-corrected chi connectivity index (χ4v) is 2.68. The Balaban J connectivity index is 2.18. The predicted molar refractivity (Wildman–Crippen MR) is 75.5 cm³/mol. The first-order valence-corrected chi connectivity index (χ1v) is 6.87. The third-order valence-electron chi connectivity index (χ3n) is 3.57. The molecule has 1 saturated heterocycles. The van der Waals surface area contributed by atoms with Crippen molar-refractivity contribution in [2.45, 2.75) is 25.9 Å². The molecular formula is C13H18ClN3O2. The zero-order valence-electron chi connectivity index (χ0n) is 10.9. The van der Waals surface area contributed by atoms with E-state index in [1.165, 1.54) is 6.07 Å². The smallest absolute Gasteiger partial charge is 0.275 e. The molecule has 19 heavy (non-hydrogen) atoms. The maximum absolute atomic E-state index is 11.1. The molecule has 1 N–H and O–H groups in total. The second-order valence-corrected chi connectivity index (χ2v) is 5.18. The standard InChI is InChI=1S/C13H18ClN3O2/c1-2-16(12-5-6-15-8-12)9-10-3-4-11(14)7-13(10)17(18)19/h3-4,7,12,15H,2,5-6,8-9H2,1H3. The maximum atomic E-state index is 11.1. The monoisotopic (exact) mass is 283 g/mol. The molecule has 2 rings (SSSR count). The number of rotatable bonds is 5. The van der Waals surface area contributed by atoms with E-state index in [0.717, 1.165) is 31.6 Å². The van der Waals surface area contributed by atoms with Crippen LogP contribution in [0.2, 0.25) is 5.02 Å². The summed E-state index contributed by atoms with van der Waals surface area (Å²) in [6, 6.07) is 5.36. The average molecular weight is 284 g/mol. The van der Waals surface area contributed by atoms with Crippen LogP contribution in [0.5, 0.6) is 0 Å². The molecule has 0 amide bonds. The minimum Gasteiger partial charge on any atom is -0.315 e. The number of hydrogen-bond donors (Lipinski definition) is 1. The summed E-state index contributed by atoms with van der Waals surface area (Å²) in [5, 5.41) is 14.8. The molecule has 0 aromatic heterocycles. The summed E-state index contributed by atoms with van der Waals surface area (Å²) < 4.78 is 0. The maximum Gasteiger partial charge on any atom is 0.275 e. The number of hydrogen-bond acceptors (Lipinski definition) is 4. The van der Waals surface area contributed by atoms with Crippen LogP contribution in [-0.2, 0) is 6.54 Å². The van der Waals surface area contributed by atoms with E-state index in [1.54, 1.807) is 12.1 Å². The van der Waals surface area contributed by atoms with Crippen molar-refractivity contribution in [2.75, 3.05) is 19.6 Å². The van der Waals surface area contributed by atoms with Crippen LogP contribution in [0, 0.1) is 10.1 Å². The van der Waals surface area contributed by atoms with Gasteiger partial charge in [-0.05, 0) is 31.6 Å². The Morgan fingerprint density at radius 3 is 2.95 bits per heavy atom. The van der Waals surface area contributed by atoms with E-state index in [2.05, 4.69) is 17.1 Å². The van der Waals surface area contributed by atoms with Crippen LogP contribution in [0.1, 0.15) is 18.9 Å². The molecule has 1 aromatic carbocycles. The number of nitro benzene ring substituents is 1. The van der Waals surface area contributed by atoms with Gasteiger partial charge in [-0.2, -0.15) is 0 Å². The van der Waals surface area contributed by atoms with Crippen molar-refractivity contribution in [3.8, 4) is 0 Å². The van der Waals surface area contributed by atoms with Gasteiger partial charge in [-0.3, -0.25) is 15.0 Å². The molecule has 6 heteroatoms. The van der Waals surface area contributed by atoms with Crippen molar-refractivity contribution < 1.29 is 4.92 Å². The normalized spacial score (nSPS) is 19.0. The summed E-state index contributed by atoms with van der Waals surface area (Å²) >= 11 is 5.83. The summed E-state index contributed by atoms with van der Waals surface area (Å²) in [7, 11) is 0. The van der Waals surface area contributed by atoms with Crippen LogP contribution in [-0.4, -0.2) is 35.5 Å². The quantitative estimate of drug-likeness (QED) is 0.666. The van der Waals surface area contributed by atoms with E-state index in [9.17, 15) is 10.1 Å². The lowest BCUT2D eigenvalue weighted by molar-refractivity contribution is -0.385. The number of nitrogens with zero attached hydrogens (tertiary/aromatic N) is 2. The Kier molecular flexibility index (Phi) is 4.74. The Morgan fingerprint density at radius 1 is 1.58 bits per heavy atom. The fourth-order valence-electron chi connectivity index (χ4n) is 2.51. The topological polar surface area (TPSA) is 58.4 Å². The molecule has 1 aliphatic rings. The summed E-state index contributed by atoms with van der Waals surface area (Å²) in [4.78, 5) is 13.0. The molecule has 0 saturated carbocycles. The Bertz CT molecular complexity index is 461. The molecule has 0 spiro atoms. The minimum absolute atomic E-state index is 0.108. The lowest BCUT2D eigenvalue weighted by atomic mass is 10.1. The average Bonchev–Trinajstić information content (AvgIpc) is 2.90. The first kappa shape index (κ1) is 14.2. The van der Waals surface area contributed by atoms with Gasteiger partial charge in [-0.15, -0.1) is 0 Å². The number of halogens is 1. The van der Waals surface area contributed by atoms with Crippen LogP contribution in [0.15, 0.2) is 18.2 Å². The molecule has 1 heterocycles. The van der Waals surface area contributed by atoms with Gasteiger partial charge < -0.3 is 5.32 Å². The highest BCUT2D eigenvalue weighted by molar-refractivity contribution is 6.30. The van der Waals surface area contributed by atoms with Crippen LogP contribution in [0.4, 0.5) is 5.69 Å². The molecule has 0 radical (unpaired) electrons. The van der Waals surface area contributed by atoms with E-state index < -0.39 is 0 Å². The highest BCUT2D eigenvalue weighted by atomic mass is 35.5. The molecule has 0 aliphatic carbocycles. The van der Waals surface area contributed by atoms with E-state index in [0.29, 0.717) is 17.6 Å². The van der Waals surface area contributed by atoms with Crippen molar-refractivity contribution >= 4 is 17.3 Å². The highest BCUT2D eigenvalue weighted by Crippen LogP contribution is 2.25. The van der Waals surface area contributed by atoms with Crippen LogP contribution in [0.3, 0.4) is 0 Å². The van der Waals surface area contributed by atoms with Crippen molar-refractivity contribution in [3.05, 3.63) is 38.9 Å². The third kappa shape index (κ3) is 3.43. The van der Waals surface area contributed by atoms with Gasteiger partial charge in [0, 0.05) is 35.8 Å². The number of likely N-dealkylation sites (N-methyl/N-ethyl adjacent to an activating group) is 1. The second-order valence-electron chi connectivity index (χ2n) is 4.74. The second kappa shape index (κ2) is 6.32. The summed E-state index contributed by atoms with van der Waals surface area (Å²) in [5.74, 6) is 0. The Morgan fingerprint density at radius 2 is 2.37 bits per heavy atom. The zero-order chi connectivity index (χ0) is 13.8. The Labute approximate surface area is 117 Å². The zero-order valence-corrected chi connectivity index (χ0v) is 11.7. The molecule has 0 bridgehead atoms. The lowest BCUT2D eigenvalue weighted by Gasteiger charge is -2.26. The fraction of sp³-hybridized carbons (Fsp3) is 0.538. The number of benzene rings is 1. The van der Waals surface area contributed by atoms with Gasteiger partial charge in [0.2, 0.25) is 0 Å². The molecular weight excluding hydrogens is 266 g/mol. The summed E-state index contributed by atoms with van der Waals surface area (Å²) in [6.45, 7) is 5.53. The molecule has 1 aromatic rings. The first-order valence-electron chi connectivity index (χ1n) is 6.49. The Hall–Kier alpha value is -1.17. The predicted octanol–water partition coefficient (Wildman–Crippen LogP) is 2.43. The van der Waals surface area contributed by atoms with Gasteiger partial charge in [0.1, 0.15) is 0 Å². The summed E-state index contributed by atoms with van der Waals surface area (Å²) in [5.41, 5.74) is 0.833. The molecule has 1 fully saturated rings.